The second-order valence-electron chi connectivity index (χ2n) is 5.13. The number of carbonyl (C=O) groups is 1. The fourth-order valence-corrected chi connectivity index (χ4v) is 2.54. The molecule has 0 bridgehead atoms. The van der Waals surface area contributed by atoms with Gasteiger partial charge in [-0.15, -0.1) is 0 Å². The van der Waals surface area contributed by atoms with Gasteiger partial charge in [-0.1, -0.05) is 0 Å². The number of rotatable bonds is 2. The van der Waals surface area contributed by atoms with Crippen LogP contribution in [0.25, 0.3) is 0 Å². The second kappa shape index (κ2) is 5.21. The Labute approximate surface area is 113 Å². The van der Waals surface area contributed by atoms with Gasteiger partial charge < -0.3 is 15.4 Å². The minimum absolute atomic E-state index is 0.0491. The largest absolute Gasteiger partial charge is 0.395 e. The molecule has 0 saturated carbocycles. The predicted octanol–water partition coefficient (Wildman–Crippen LogP) is 1.04. The standard InChI is InChI=1S/C13H22N4O2/c1-5-17-12(11(14)10(4)15-17)13(18)16-6-8(2)19-9(3)7-16/h8-9H,5-7,14H2,1-4H3/t8-,9+. The van der Waals surface area contributed by atoms with Crippen molar-refractivity contribution in [2.24, 2.45) is 0 Å². The highest BCUT2D eigenvalue weighted by atomic mass is 16.5. The first kappa shape index (κ1) is 13.9. The van der Waals surface area contributed by atoms with Crippen LogP contribution in [-0.4, -0.2) is 45.9 Å². The van der Waals surface area contributed by atoms with Crippen molar-refractivity contribution in [2.45, 2.75) is 46.4 Å². The summed E-state index contributed by atoms with van der Waals surface area (Å²) in [4.78, 5) is 14.4. The number of morpholine rings is 1. The third kappa shape index (κ3) is 2.58. The Bertz CT molecular complexity index is 473. The lowest BCUT2D eigenvalue weighted by Crippen LogP contribution is -2.48. The van der Waals surface area contributed by atoms with Gasteiger partial charge in [0.15, 0.2) is 0 Å². The summed E-state index contributed by atoms with van der Waals surface area (Å²) in [6.45, 7) is 9.54. The lowest BCUT2D eigenvalue weighted by molar-refractivity contribution is -0.0588. The molecule has 1 aromatic heterocycles. The SMILES string of the molecule is CCn1nc(C)c(N)c1C(=O)N1C[C@@H](C)O[C@@H](C)C1. The summed E-state index contributed by atoms with van der Waals surface area (Å²) in [5, 5.41) is 4.30. The topological polar surface area (TPSA) is 73.4 Å². The van der Waals surface area contributed by atoms with E-state index in [2.05, 4.69) is 5.10 Å². The molecule has 0 unspecified atom stereocenters. The summed E-state index contributed by atoms with van der Waals surface area (Å²) >= 11 is 0. The maximum absolute atomic E-state index is 12.6. The van der Waals surface area contributed by atoms with E-state index in [1.165, 1.54) is 0 Å². The van der Waals surface area contributed by atoms with Gasteiger partial charge in [0, 0.05) is 19.6 Å². The Balaban J connectivity index is 2.29. The number of nitrogens with zero attached hydrogens (tertiary/aromatic N) is 3. The maximum atomic E-state index is 12.6. The summed E-state index contributed by atoms with van der Waals surface area (Å²) in [5.41, 5.74) is 7.69. The van der Waals surface area contributed by atoms with Gasteiger partial charge in [-0.25, -0.2) is 0 Å². The van der Waals surface area contributed by atoms with E-state index in [0.717, 1.165) is 0 Å². The highest BCUT2D eigenvalue weighted by Gasteiger charge is 2.30. The summed E-state index contributed by atoms with van der Waals surface area (Å²) in [6, 6.07) is 0. The van der Waals surface area contributed by atoms with E-state index in [-0.39, 0.29) is 18.1 Å². The molecule has 0 aliphatic carbocycles. The number of anilines is 1. The van der Waals surface area contributed by atoms with Crippen LogP contribution < -0.4 is 5.73 Å². The highest BCUT2D eigenvalue weighted by Crippen LogP contribution is 2.21. The number of aryl methyl sites for hydroxylation is 2. The van der Waals surface area contributed by atoms with Crippen molar-refractivity contribution < 1.29 is 9.53 Å². The molecule has 1 aromatic rings. The van der Waals surface area contributed by atoms with E-state index >= 15 is 0 Å². The highest BCUT2D eigenvalue weighted by molar-refractivity contribution is 5.98. The number of nitrogens with two attached hydrogens (primary N) is 1. The Morgan fingerprint density at radius 1 is 1.42 bits per heavy atom. The maximum Gasteiger partial charge on any atom is 0.274 e. The van der Waals surface area contributed by atoms with Crippen molar-refractivity contribution in [1.29, 1.82) is 0 Å². The van der Waals surface area contributed by atoms with Crippen molar-refractivity contribution in [1.82, 2.24) is 14.7 Å². The van der Waals surface area contributed by atoms with Gasteiger partial charge in [0.1, 0.15) is 5.69 Å². The van der Waals surface area contributed by atoms with E-state index in [4.69, 9.17) is 10.5 Å². The molecule has 1 aliphatic heterocycles. The van der Waals surface area contributed by atoms with Crippen LogP contribution in [-0.2, 0) is 11.3 Å². The third-order valence-electron chi connectivity index (χ3n) is 3.38. The number of ether oxygens (including phenoxy) is 1. The van der Waals surface area contributed by atoms with E-state index < -0.39 is 0 Å². The molecule has 2 rings (SSSR count). The monoisotopic (exact) mass is 266 g/mol. The number of amides is 1. The molecule has 6 nitrogen and oxygen atoms in total. The Morgan fingerprint density at radius 3 is 2.53 bits per heavy atom. The van der Waals surface area contributed by atoms with E-state index in [0.29, 0.717) is 36.7 Å². The lowest BCUT2D eigenvalue weighted by atomic mass is 10.2. The van der Waals surface area contributed by atoms with Crippen LogP contribution in [0.15, 0.2) is 0 Å². The lowest BCUT2D eigenvalue weighted by Gasteiger charge is -2.35. The molecule has 1 fully saturated rings. The van der Waals surface area contributed by atoms with Gasteiger partial charge in [-0.3, -0.25) is 9.48 Å². The summed E-state index contributed by atoms with van der Waals surface area (Å²) in [5.74, 6) is -0.0537. The smallest absolute Gasteiger partial charge is 0.274 e. The van der Waals surface area contributed by atoms with Crippen LogP contribution in [0, 0.1) is 6.92 Å². The van der Waals surface area contributed by atoms with Crippen LogP contribution >= 0.6 is 0 Å². The van der Waals surface area contributed by atoms with Crippen molar-refractivity contribution >= 4 is 11.6 Å². The fourth-order valence-electron chi connectivity index (χ4n) is 2.54. The number of hydrogen-bond acceptors (Lipinski definition) is 4. The number of aromatic nitrogens is 2. The molecule has 1 saturated heterocycles. The van der Waals surface area contributed by atoms with Crippen LogP contribution in [0.3, 0.4) is 0 Å². The van der Waals surface area contributed by atoms with Gasteiger partial charge in [-0.2, -0.15) is 5.10 Å². The Morgan fingerprint density at radius 2 is 2.00 bits per heavy atom. The molecule has 0 aromatic carbocycles. The minimum atomic E-state index is -0.0537. The third-order valence-corrected chi connectivity index (χ3v) is 3.38. The first-order valence-corrected chi connectivity index (χ1v) is 6.71. The van der Waals surface area contributed by atoms with Gasteiger partial charge in [0.2, 0.25) is 0 Å². The number of nitrogen functional groups attached to an aromatic ring is 1. The minimum Gasteiger partial charge on any atom is -0.395 e. The molecule has 1 aliphatic rings. The average molecular weight is 266 g/mol. The molecular formula is C13H22N4O2. The molecule has 2 heterocycles. The number of carbonyl (C=O) groups excluding carboxylic acids is 1. The van der Waals surface area contributed by atoms with Gasteiger partial charge in [0.05, 0.1) is 23.6 Å². The van der Waals surface area contributed by atoms with Crippen molar-refractivity contribution in [2.75, 3.05) is 18.8 Å². The van der Waals surface area contributed by atoms with Gasteiger partial charge in [-0.05, 0) is 27.7 Å². The quantitative estimate of drug-likeness (QED) is 0.868. The zero-order valence-corrected chi connectivity index (χ0v) is 12.0. The predicted molar refractivity (Wildman–Crippen MR) is 73.0 cm³/mol. The molecular weight excluding hydrogens is 244 g/mol. The van der Waals surface area contributed by atoms with Gasteiger partial charge in [0.25, 0.3) is 5.91 Å². The van der Waals surface area contributed by atoms with Crippen molar-refractivity contribution in [3.63, 3.8) is 0 Å². The normalized spacial score (nSPS) is 23.7. The van der Waals surface area contributed by atoms with Gasteiger partial charge >= 0.3 is 0 Å². The van der Waals surface area contributed by atoms with Crippen LogP contribution in [0.5, 0.6) is 0 Å². The Hall–Kier alpha value is -1.56. The molecule has 2 N–H and O–H groups in total. The first-order valence-electron chi connectivity index (χ1n) is 6.71. The summed E-state index contributed by atoms with van der Waals surface area (Å²) in [6.07, 6.45) is 0.0982. The zero-order valence-electron chi connectivity index (χ0n) is 12.0. The van der Waals surface area contributed by atoms with Crippen LogP contribution in [0.1, 0.15) is 37.0 Å². The zero-order chi connectivity index (χ0) is 14.2. The van der Waals surface area contributed by atoms with E-state index in [1.54, 1.807) is 9.58 Å². The first-order chi connectivity index (χ1) is 8.93. The second-order valence-corrected chi connectivity index (χ2v) is 5.13. The summed E-state index contributed by atoms with van der Waals surface area (Å²) < 4.78 is 7.33. The average Bonchev–Trinajstić information content (AvgIpc) is 2.63. The fraction of sp³-hybridized carbons (Fsp3) is 0.692. The molecule has 0 spiro atoms. The van der Waals surface area contributed by atoms with Crippen LogP contribution in [0.4, 0.5) is 5.69 Å². The van der Waals surface area contributed by atoms with E-state index in [1.807, 2.05) is 27.7 Å². The molecule has 6 heteroatoms. The molecule has 2 atom stereocenters. The summed E-state index contributed by atoms with van der Waals surface area (Å²) in [7, 11) is 0. The van der Waals surface area contributed by atoms with Crippen LogP contribution in [0.2, 0.25) is 0 Å². The van der Waals surface area contributed by atoms with Crippen molar-refractivity contribution in [3.8, 4) is 0 Å². The molecule has 19 heavy (non-hydrogen) atoms. The molecule has 1 amide bonds. The Kier molecular flexibility index (Phi) is 3.80. The molecule has 106 valence electrons. The number of hydrogen-bond donors (Lipinski definition) is 1. The molecule has 0 radical (unpaired) electrons. The van der Waals surface area contributed by atoms with E-state index in [9.17, 15) is 4.79 Å². The van der Waals surface area contributed by atoms with Crippen molar-refractivity contribution in [3.05, 3.63) is 11.4 Å².